The van der Waals surface area contributed by atoms with Crippen LogP contribution in [0.25, 0.3) is 0 Å². The number of nitrogens with one attached hydrogen (secondary N) is 3. The van der Waals surface area contributed by atoms with Gasteiger partial charge in [0.2, 0.25) is 15.9 Å². The van der Waals surface area contributed by atoms with Crippen molar-refractivity contribution in [3.05, 3.63) is 22.2 Å². The predicted molar refractivity (Wildman–Crippen MR) is 78.1 cm³/mol. The van der Waals surface area contributed by atoms with Crippen molar-refractivity contribution in [2.45, 2.75) is 23.8 Å². The van der Waals surface area contributed by atoms with Gasteiger partial charge in [-0.2, -0.15) is 0 Å². The van der Waals surface area contributed by atoms with Crippen LogP contribution in [0, 0.1) is 0 Å². The van der Waals surface area contributed by atoms with Gasteiger partial charge in [0.15, 0.2) is 0 Å². The molecule has 0 aromatic heterocycles. The van der Waals surface area contributed by atoms with Gasteiger partial charge in [0.25, 0.3) is 0 Å². The highest BCUT2D eigenvalue weighted by Gasteiger charge is 2.27. The number of rotatable bonds is 3. The quantitative estimate of drug-likeness (QED) is 0.736. The molecule has 8 heteroatoms. The monoisotopic (exact) mass is 359 g/mol. The Hall–Kier alpha value is -0.960. The van der Waals surface area contributed by atoms with Gasteiger partial charge in [-0.15, -0.1) is 0 Å². The van der Waals surface area contributed by atoms with E-state index in [-0.39, 0.29) is 23.3 Å². The number of amides is 1. The Morgan fingerprint density at radius 2 is 2.15 bits per heavy atom. The fraction of sp³-hybridized carbons (Fsp3) is 0.417. The third-order valence-electron chi connectivity index (χ3n) is 3.45. The van der Waals surface area contributed by atoms with Gasteiger partial charge in [-0.3, -0.25) is 4.79 Å². The minimum absolute atomic E-state index is 0.0834. The third-order valence-corrected chi connectivity index (χ3v) is 5.93. The molecule has 1 aromatic rings. The third kappa shape index (κ3) is 2.60. The summed E-state index contributed by atoms with van der Waals surface area (Å²) < 4.78 is 28.0. The van der Waals surface area contributed by atoms with E-state index in [1.807, 2.05) is 0 Å². The molecule has 1 saturated heterocycles. The Bertz CT molecular complexity index is 669. The van der Waals surface area contributed by atoms with E-state index in [2.05, 4.69) is 31.3 Å². The Morgan fingerprint density at radius 1 is 1.35 bits per heavy atom. The maximum absolute atomic E-state index is 12.4. The first-order valence-corrected chi connectivity index (χ1v) is 8.58. The van der Waals surface area contributed by atoms with Gasteiger partial charge in [0.1, 0.15) is 0 Å². The smallest absolute Gasteiger partial charge is 0.241 e. The number of hydrogen-bond donors (Lipinski definition) is 3. The Labute approximate surface area is 125 Å². The SMILES string of the molecule is O=C1Cc2cc(S(=O)(=O)N[C@H]3CCNC3)c(Br)cc2N1. The summed E-state index contributed by atoms with van der Waals surface area (Å²) in [7, 11) is -3.59. The molecule has 20 heavy (non-hydrogen) atoms. The normalized spacial score (nSPS) is 21.9. The van der Waals surface area contributed by atoms with E-state index < -0.39 is 10.0 Å². The zero-order valence-corrected chi connectivity index (χ0v) is 13.0. The van der Waals surface area contributed by atoms with Gasteiger partial charge in [-0.25, -0.2) is 13.1 Å². The fourth-order valence-electron chi connectivity index (χ4n) is 2.47. The molecule has 0 spiro atoms. The molecular weight excluding hydrogens is 346 g/mol. The number of sulfonamides is 1. The first-order chi connectivity index (χ1) is 9.45. The highest BCUT2D eigenvalue weighted by atomic mass is 79.9. The van der Waals surface area contributed by atoms with Gasteiger partial charge in [0.05, 0.1) is 11.3 Å². The molecule has 0 unspecified atom stereocenters. The zero-order valence-electron chi connectivity index (χ0n) is 10.6. The van der Waals surface area contributed by atoms with Crippen LogP contribution in [0.5, 0.6) is 0 Å². The lowest BCUT2D eigenvalue weighted by Crippen LogP contribution is -2.36. The molecule has 0 radical (unpaired) electrons. The molecule has 1 amide bonds. The molecule has 0 aliphatic carbocycles. The van der Waals surface area contributed by atoms with Crippen molar-refractivity contribution in [2.75, 3.05) is 18.4 Å². The number of hydrogen-bond acceptors (Lipinski definition) is 4. The van der Waals surface area contributed by atoms with Crippen molar-refractivity contribution in [3.63, 3.8) is 0 Å². The van der Waals surface area contributed by atoms with Crippen LogP contribution in [-0.2, 0) is 21.2 Å². The summed E-state index contributed by atoms with van der Waals surface area (Å²) in [6, 6.07) is 3.11. The van der Waals surface area contributed by atoms with E-state index >= 15 is 0 Å². The van der Waals surface area contributed by atoms with Crippen LogP contribution >= 0.6 is 15.9 Å². The molecule has 3 N–H and O–H groups in total. The van der Waals surface area contributed by atoms with Crippen LogP contribution < -0.4 is 15.4 Å². The van der Waals surface area contributed by atoms with Gasteiger partial charge >= 0.3 is 0 Å². The molecule has 1 aromatic carbocycles. The van der Waals surface area contributed by atoms with Crippen molar-refractivity contribution in [3.8, 4) is 0 Å². The summed E-state index contributed by atoms with van der Waals surface area (Å²) in [5.41, 5.74) is 1.38. The number of halogens is 1. The molecule has 108 valence electrons. The summed E-state index contributed by atoms with van der Waals surface area (Å²) in [6.07, 6.45) is 0.998. The highest BCUT2D eigenvalue weighted by molar-refractivity contribution is 9.10. The standard InChI is InChI=1S/C12H14BrN3O3S/c13-9-5-10-7(4-12(17)15-10)3-11(9)20(18,19)16-8-1-2-14-6-8/h3,5,8,14,16H,1-2,4,6H2,(H,15,17)/t8-/m0/s1. The highest BCUT2D eigenvalue weighted by Crippen LogP contribution is 2.32. The lowest BCUT2D eigenvalue weighted by molar-refractivity contribution is -0.115. The molecule has 0 saturated carbocycles. The first-order valence-electron chi connectivity index (χ1n) is 6.31. The minimum Gasteiger partial charge on any atom is -0.325 e. The van der Waals surface area contributed by atoms with Gasteiger partial charge in [0, 0.05) is 22.7 Å². The lowest BCUT2D eigenvalue weighted by atomic mass is 10.2. The van der Waals surface area contributed by atoms with Crippen LogP contribution in [-0.4, -0.2) is 33.5 Å². The fourth-order valence-corrected chi connectivity index (χ4v) is 4.83. The molecule has 2 heterocycles. The molecule has 2 aliphatic rings. The maximum atomic E-state index is 12.4. The van der Waals surface area contributed by atoms with Crippen LogP contribution in [0.1, 0.15) is 12.0 Å². The van der Waals surface area contributed by atoms with E-state index in [4.69, 9.17) is 0 Å². The van der Waals surface area contributed by atoms with E-state index in [1.54, 1.807) is 12.1 Å². The molecule has 6 nitrogen and oxygen atoms in total. The number of anilines is 1. The predicted octanol–water partition coefficient (Wildman–Crippen LogP) is 0.584. The lowest BCUT2D eigenvalue weighted by Gasteiger charge is -2.14. The summed E-state index contributed by atoms with van der Waals surface area (Å²) in [5, 5.41) is 5.81. The second-order valence-corrected chi connectivity index (χ2v) is 7.51. The summed E-state index contributed by atoms with van der Waals surface area (Å²) >= 11 is 3.27. The molecule has 1 atom stereocenters. The molecule has 1 fully saturated rings. The first kappa shape index (κ1) is 14.0. The number of carbonyl (C=O) groups excluding carboxylic acids is 1. The van der Waals surface area contributed by atoms with Crippen LogP contribution in [0.3, 0.4) is 0 Å². The van der Waals surface area contributed by atoms with Crippen molar-refractivity contribution in [1.29, 1.82) is 0 Å². The molecule has 0 bridgehead atoms. The van der Waals surface area contributed by atoms with Crippen molar-refractivity contribution < 1.29 is 13.2 Å². The zero-order chi connectivity index (χ0) is 14.3. The Balaban J connectivity index is 1.93. The largest absolute Gasteiger partial charge is 0.325 e. The Kier molecular flexibility index (Phi) is 3.57. The van der Waals surface area contributed by atoms with Gasteiger partial charge < -0.3 is 10.6 Å². The molecule has 2 aliphatic heterocycles. The van der Waals surface area contributed by atoms with Gasteiger partial charge in [-0.1, -0.05) is 0 Å². The average molecular weight is 360 g/mol. The van der Waals surface area contributed by atoms with Crippen molar-refractivity contribution in [1.82, 2.24) is 10.0 Å². The van der Waals surface area contributed by atoms with E-state index in [9.17, 15) is 13.2 Å². The van der Waals surface area contributed by atoms with Crippen molar-refractivity contribution in [2.24, 2.45) is 0 Å². The van der Waals surface area contributed by atoms with Crippen LogP contribution in [0.4, 0.5) is 5.69 Å². The van der Waals surface area contributed by atoms with E-state index in [1.165, 1.54) is 0 Å². The molecular formula is C12H14BrN3O3S. The van der Waals surface area contributed by atoms with Crippen LogP contribution in [0.15, 0.2) is 21.5 Å². The number of fused-ring (bicyclic) bond motifs is 1. The second kappa shape index (κ2) is 5.10. The van der Waals surface area contributed by atoms with Crippen molar-refractivity contribution >= 4 is 37.5 Å². The topological polar surface area (TPSA) is 87.3 Å². The van der Waals surface area contributed by atoms with E-state index in [0.717, 1.165) is 13.0 Å². The van der Waals surface area contributed by atoms with Gasteiger partial charge in [-0.05, 0) is 46.6 Å². The second-order valence-electron chi connectivity index (χ2n) is 4.98. The maximum Gasteiger partial charge on any atom is 0.241 e. The molecule has 3 rings (SSSR count). The van der Waals surface area contributed by atoms with E-state index in [0.29, 0.717) is 22.3 Å². The summed E-state index contributed by atoms with van der Waals surface area (Å²) in [5.74, 6) is -0.116. The summed E-state index contributed by atoms with van der Waals surface area (Å²) in [4.78, 5) is 11.5. The minimum atomic E-state index is -3.59. The Morgan fingerprint density at radius 3 is 2.85 bits per heavy atom. The summed E-state index contributed by atoms with van der Waals surface area (Å²) in [6.45, 7) is 1.46. The van der Waals surface area contributed by atoms with Crippen LogP contribution in [0.2, 0.25) is 0 Å². The number of carbonyl (C=O) groups is 1. The average Bonchev–Trinajstić information content (AvgIpc) is 2.95. The number of benzene rings is 1.